The normalized spacial score (nSPS) is 18.4. The number of nitrogens with one attached hydrogen (secondary N) is 1. The zero-order chi connectivity index (χ0) is 22.7. The quantitative estimate of drug-likeness (QED) is 0.506. The molecule has 1 aliphatic rings. The fraction of sp³-hybridized carbons (Fsp3) is 0.609. The first-order valence-electron chi connectivity index (χ1n) is 10.6. The highest BCUT2D eigenvalue weighted by atomic mass is 35.5. The highest BCUT2D eigenvalue weighted by molar-refractivity contribution is 6.30. The second-order valence-electron chi connectivity index (χ2n) is 8.02. The summed E-state index contributed by atoms with van der Waals surface area (Å²) in [5.74, 6) is 0.547. The summed E-state index contributed by atoms with van der Waals surface area (Å²) in [7, 11) is 1.71. The van der Waals surface area contributed by atoms with Crippen molar-refractivity contribution in [1.82, 2.24) is 15.3 Å². The van der Waals surface area contributed by atoms with Crippen LogP contribution in [-0.4, -0.2) is 41.2 Å². The van der Waals surface area contributed by atoms with E-state index in [0.717, 1.165) is 48.6 Å². The Balaban J connectivity index is 0.000000487. The van der Waals surface area contributed by atoms with Crippen LogP contribution in [0.2, 0.25) is 5.15 Å². The molecule has 7 heteroatoms. The molecule has 6 nitrogen and oxygen atoms in total. The van der Waals surface area contributed by atoms with Gasteiger partial charge >= 0.3 is 0 Å². The molecular formula is C23H36ClN3O3. The summed E-state index contributed by atoms with van der Waals surface area (Å²) in [5, 5.41) is 4.10. The lowest BCUT2D eigenvalue weighted by atomic mass is 9.93. The van der Waals surface area contributed by atoms with Gasteiger partial charge in [-0.1, -0.05) is 25.4 Å². The summed E-state index contributed by atoms with van der Waals surface area (Å²) >= 11 is 6.07. The highest BCUT2D eigenvalue weighted by Crippen LogP contribution is 2.29. The molecule has 0 radical (unpaired) electrons. The summed E-state index contributed by atoms with van der Waals surface area (Å²) in [6.07, 6.45) is 6.28. The Morgan fingerprint density at radius 3 is 2.30 bits per heavy atom. The maximum atomic E-state index is 10.5. The molecule has 1 fully saturated rings. The van der Waals surface area contributed by atoms with Crippen molar-refractivity contribution < 1.29 is 14.3 Å². The number of amides is 1. The molecule has 30 heavy (non-hydrogen) atoms. The Hall–Kier alpha value is -1.92. The third-order valence-electron chi connectivity index (χ3n) is 4.62. The van der Waals surface area contributed by atoms with Crippen LogP contribution in [0, 0.1) is 6.92 Å². The van der Waals surface area contributed by atoms with Gasteiger partial charge in [0, 0.05) is 25.4 Å². The van der Waals surface area contributed by atoms with Crippen molar-refractivity contribution in [2.75, 3.05) is 7.11 Å². The minimum atomic E-state index is 0.0417. The van der Waals surface area contributed by atoms with E-state index in [1.807, 2.05) is 47.6 Å². The second-order valence-corrected chi connectivity index (χ2v) is 8.41. The number of fused-ring (bicyclic) bond motifs is 1. The molecule has 0 saturated heterocycles. The van der Waals surface area contributed by atoms with Crippen LogP contribution in [0.3, 0.4) is 0 Å². The molecule has 1 amide bonds. The molecule has 2 aromatic heterocycles. The van der Waals surface area contributed by atoms with Crippen molar-refractivity contribution in [3.63, 3.8) is 0 Å². The SMILES string of the molecule is CC.COC(C)(C)C.Cc1cnc2cc(Cl)nc(OC3CCC(NC=O)CC3)c2c1. The lowest BCUT2D eigenvalue weighted by molar-refractivity contribution is -0.110. The van der Waals surface area contributed by atoms with Gasteiger partial charge in [-0.3, -0.25) is 9.78 Å². The topological polar surface area (TPSA) is 73.3 Å². The first kappa shape index (κ1) is 26.1. The van der Waals surface area contributed by atoms with E-state index < -0.39 is 0 Å². The number of aromatic nitrogens is 2. The average molecular weight is 438 g/mol. The Morgan fingerprint density at radius 1 is 1.17 bits per heavy atom. The second kappa shape index (κ2) is 12.7. The molecular weight excluding hydrogens is 402 g/mol. The predicted octanol–water partition coefficient (Wildman–Crippen LogP) is 5.49. The van der Waals surface area contributed by atoms with E-state index in [1.165, 1.54) is 0 Å². The number of ether oxygens (including phenoxy) is 2. The van der Waals surface area contributed by atoms with Crippen LogP contribution in [-0.2, 0) is 9.53 Å². The highest BCUT2D eigenvalue weighted by Gasteiger charge is 2.23. The average Bonchev–Trinajstić information content (AvgIpc) is 2.71. The van der Waals surface area contributed by atoms with Gasteiger partial charge in [-0.2, -0.15) is 0 Å². The van der Waals surface area contributed by atoms with E-state index in [2.05, 4.69) is 15.3 Å². The molecule has 0 bridgehead atoms. The number of aryl methyl sites for hydroxylation is 1. The van der Waals surface area contributed by atoms with Gasteiger partial charge in [-0.15, -0.1) is 0 Å². The van der Waals surface area contributed by atoms with Crippen LogP contribution in [0.5, 0.6) is 5.88 Å². The van der Waals surface area contributed by atoms with Crippen molar-refractivity contribution in [1.29, 1.82) is 0 Å². The van der Waals surface area contributed by atoms with Crippen molar-refractivity contribution in [2.45, 2.75) is 85.0 Å². The maximum Gasteiger partial charge on any atom is 0.224 e. The van der Waals surface area contributed by atoms with E-state index in [4.69, 9.17) is 21.1 Å². The van der Waals surface area contributed by atoms with E-state index in [1.54, 1.807) is 19.4 Å². The molecule has 2 heterocycles. The summed E-state index contributed by atoms with van der Waals surface area (Å²) < 4.78 is 11.0. The van der Waals surface area contributed by atoms with Crippen LogP contribution in [0.15, 0.2) is 18.3 Å². The first-order chi connectivity index (χ1) is 14.2. The van der Waals surface area contributed by atoms with E-state index >= 15 is 0 Å². The minimum Gasteiger partial charge on any atom is -0.474 e. The Labute approximate surface area is 185 Å². The van der Waals surface area contributed by atoms with E-state index in [9.17, 15) is 4.79 Å². The van der Waals surface area contributed by atoms with Gasteiger partial charge in [0.25, 0.3) is 0 Å². The van der Waals surface area contributed by atoms with Crippen molar-refractivity contribution in [3.8, 4) is 5.88 Å². The molecule has 1 saturated carbocycles. The van der Waals surface area contributed by atoms with Gasteiger partial charge in [-0.05, 0) is 65.0 Å². The number of carbonyl (C=O) groups excluding carboxylic acids is 1. The van der Waals surface area contributed by atoms with Gasteiger partial charge in [0.1, 0.15) is 11.3 Å². The van der Waals surface area contributed by atoms with Gasteiger partial charge in [0.2, 0.25) is 12.3 Å². The molecule has 3 rings (SSSR count). The summed E-state index contributed by atoms with van der Waals surface area (Å²) in [6, 6.07) is 4.01. The van der Waals surface area contributed by atoms with Crippen molar-refractivity contribution in [3.05, 3.63) is 29.0 Å². The smallest absolute Gasteiger partial charge is 0.224 e. The Kier molecular flexibility index (Phi) is 11.1. The number of pyridine rings is 2. The molecule has 0 atom stereocenters. The lowest BCUT2D eigenvalue weighted by Gasteiger charge is -2.28. The molecule has 2 aromatic rings. The molecule has 1 aliphatic carbocycles. The number of nitrogens with zero attached hydrogens (tertiary/aromatic N) is 2. The third-order valence-corrected chi connectivity index (χ3v) is 4.81. The molecule has 1 N–H and O–H groups in total. The number of rotatable bonds is 4. The Bertz CT molecular complexity index is 785. The van der Waals surface area contributed by atoms with Gasteiger partial charge in [0.05, 0.1) is 16.5 Å². The van der Waals surface area contributed by atoms with Gasteiger partial charge in [-0.25, -0.2) is 4.98 Å². The lowest BCUT2D eigenvalue weighted by Crippen LogP contribution is -2.35. The third kappa shape index (κ3) is 8.84. The number of hydrogen-bond donors (Lipinski definition) is 1. The van der Waals surface area contributed by atoms with Gasteiger partial charge in [0.15, 0.2) is 0 Å². The largest absolute Gasteiger partial charge is 0.474 e. The van der Waals surface area contributed by atoms with Crippen LogP contribution < -0.4 is 10.1 Å². The number of halogens is 1. The summed E-state index contributed by atoms with van der Waals surface area (Å²) in [6.45, 7) is 12.0. The predicted molar refractivity (Wildman–Crippen MR) is 123 cm³/mol. The molecule has 0 unspecified atom stereocenters. The van der Waals surface area contributed by atoms with Crippen molar-refractivity contribution >= 4 is 28.9 Å². The van der Waals surface area contributed by atoms with Crippen LogP contribution in [0.4, 0.5) is 0 Å². The van der Waals surface area contributed by atoms with Crippen LogP contribution in [0.1, 0.15) is 65.9 Å². The maximum absolute atomic E-state index is 10.5. The minimum absolute atomic E-state index is 0.0417. The Morgan fingerprint density at radius 2 is 1.77 bits per heavy atom. The van der Waals surface area contributed by atoms with Gasteiger partial charge < -0.3 is 14.8 Å². The number of methoxy groups -OCH3 is 1. The molecule has 168 valence electrons. The van der Waals surface area contributed by atoms with Crippen LogP contribution in [0.25, 0.3) is 10.9 Å². The standard InChI is InChI=1S/C16H18ClN3O2.C5H12O.C2H6/c1-10-6-13-14(18-8-10)7-15(17)20-16(13)22-12-4-2-11(3-5-12)19-9-21;1-5(2,3)6-4;1-2/h6-9,11-12H,2-5H2,1H3,(H,19,21);1-4H3;1-2H3. The fourth-order valence-electron chi connectivity index (χ4n) is 2.86. The zero-order valence-electron chi connectivity index (χ0n) is 19.3. The number of hydrogen-bond acceptors (Lipinski definition) is 5. The van der Waals surface area contributed by atoms with E-state index in [0.29, 0.717) is 11.0 Å². The summed E-state index contributed by atoms with van der Waals surface area (Å²) in [5.41, 5.74) is 1.89. The van der Waals surface area contributed by atoms with Crippen LogP contribution >= 0.6 is 11.6 Å². The molecule has 0 spiro atoms. The summed E-state index contributed by atoms with van der Waals surface area (Å²) in [4.78, 5) is 19.2. The number of carbonyl (C=O) groups is 1. The van der Waals surface area contributed by atoms with E-state index in [-0.39, 0.29) is 17.7 Å². The molecule has 0 aliphatic heterocycles. The first-order valence-corrected chi connectivity index (χ1v) is 10.9. The zero-order valence-corrected chi connectivity index (χ0v) is 20.0. The fourth-order valence-corrected chi connectivity index (χ4v) is 3.04. The van der Waals surface area contributed by atoms with Crippen molar-refractivity contribution in [2.24, 2.45) is 0 Å². The molecule has 0 aromatic carbocycles. The monoisotopic (exact) mass is 437 g/mol.